The van der Waals surface area contributed by atoms with Crippen LogP contribution in [0.3, 0.4) is 0 Å². The lowest BCUT2D eigenvalue weighted by atomic mass is 9.85. The molecule has 3 rings (SSSR count). The number of halogens is 1. The minimum Gasteiger partial charge on any atom is -0.486 e. The third-order valence-corrected chi connectivity index (χ3v) is 5.80. The first-order valence-electron chi connectivity index (χ1n) is 7.93. The first-order valence-corrected chi connectivity index (χ1v) is 9.79. The molecule has 2 aromatic carbocycles. The van der Waals surface area contributed by atoms with Gasteiger partial charge in [-0.05, 0) is 29.8 Å². The quantitative estimate of drug-likeness (QED) is 0.862. The largest absolute Gasteiger partial charge is 0.486 e. The highest BCUT2D eigenvalue weighted by atomic mass is 35.5. The average molecular weight is 382 g/mol. The second-order valence-corrected chi connectivity index (χ2v) is 8.72. The van der Waals surface area contributed by atoms with Crippen molar-refractivity contribution in [1.82, 2.24) is 4.72 Å². The van der Waals surface area contributed by atoms with Gasteiger partial charge in [0.15, 0.2) is 11.5 Å². The molecular formula is C18H20ClNO4S. The van der Waals surface area contributed by atoms with Crippen molar-refractivity contribution in [2.45, 2.75) is 24.2 Å². The molecule has 2 aromatic rings. The molecule has 0 radical (unpaired) electrons. The number of benzene rings is 2. The van der Waals surface area contributed by atoms with Crippen LogP contribution in [-0.4, -0.2) is 28.2 Å². The van der Waals surface area contributed by atoms with Crippen LogP contribution >= 0.6 is 11.6 Å². The summed E-state index contributed by atoms with van der Waals surface area (Å²) < 4.78 is 38.8. The molecule has 5 nitrogen and oxygen atoms in total. The monoisotopic (exact) mass is 381 g/mol. The summed E-state index contributed by atoms with van der Waals surface area (Å²) in [6.07, 6.45) is 0. The molecule has 134 valence electrons. The molecule has 0 saturated heterocycles. The highest BCUT2D eigenvalue weighted by molar-refractivity contribution is 7.89. The highest BCUT2D eigenvalue weighted by Gasteiger charge is 2.25. The lowest BCUT2D eigenvalue weighted by Crippen LogP contribution is -2.36. The molecule has 0 unspecified atom stereocenters. The first kappa shape index (κ1) is 18.0. The van der Waals surface area contributed by atoms with Crippen molar-refractivity contribution in [2.75, 3.05) is 19.8 Å². The van der Waals surface area contributed by atoms with Crippen LogP contribution in [0, 0.1) is 0 Å². The summed E-state index contributed by atoms with van der Waals surface area (Å²) in [4.78, 5) is 0.156. The number of fused-ring (bicyclic) bond motifs is 1. The fourth-order valence-corrected chi connectivity index (χ4v) is 3.91. The molecular weight excluding hydrogens is 362 g/mol. The Bertz CT molecular complexity index is 863. The normalized spacial score (nSPS) is 14.4. The van der Waals surface area contributed by atoms with Gasteiger partial charge < -0.3 is 9.47 Å². The van der Waals surface area contributed by atoms with Gasteiger partial charge in [-0.15, -0.1) is 0 Å². The van der Waals surface area contributed by atoms with Gasteiger partial charge in [-0.25, -0.2) is 13.1 Å². The van der Waals surface area contributed by atoms with Crippen molar-refractivity contribution in [3.8, 4) is 11.5 Å². The number of hydrogen-bond donors (Lipinski definition) is 1. The Morgan fingerprint density at radius 1 is 1.04 bits per heavy atom. The summed E-state index contributed by atoms with van der Waals surface area (Å²) >= 11 is 5.92. The molecule has 0 spiro atoms. The van der Waals surface area contributed by atoms with E-state index in [0.717, 1.165) is 5.56 Å². The molecule has 0 amide bonds. The van der Waals surface area contributed by atoms with Crippen LogP contribution in [0.4, 0.5) is 0 Å². The van der Waals surface area contributed by atoms with Gasteiger partial charge in [-0.1, -0.05) is 37.6 Å². The molecule has 1 heterocycles. The van der Waals surface area contributed by atoms with E-state index in [0.29, 0.717) is 29.7 Å². The second kappa shape index (κ2) is 6.86. The van der Waals surface area contributed by atoms with Gasteiger partial charge in [0, 0.05) is 23.0 Å². The fourth-order valence-electron chi connectivity index (χ4n) is 2.55. The maximum atomic E-state index is 12.6. The lowest BCUT2D eigenvalue weighted by molar-refractivity contribution is 0.171. The highest BCUT2D eigenvalue weighted by Crippen LogP contribution is 2.32. The predicted molar refractivity (Wildman–Crippen MR) is 97.1 cm³/mol. The van der Waals surface area contributed by atoms with Gasteiger partial charge in [0.25, 0.3) is 0 Å². The van der Waals surface area contributed by atoms with E-state index in [4.69, 9.17) is 21.1 Å². The Labute approximate surface area is 153 Å². The van der Waals surface area contributed by atoms with E-state index in [1.165, 1.54) is 12.1 Å². The van der Waals surface area contributed by atoms with Crippen molar-refractivity contribution in [1.29, 1.82) is 0 Å². The van der Waals surface area contributed by atoms with Crippen molar-refractivity contribution in [3.63, 3.8) is 0 Å². The Morgan fingerprint density at radius 2 is 1.68 bits per heavy atom. The third kappa shape index (κ3) is 4.08. The van der Waals surface area contributed by atoms with Crippen molar-refractivity contribution >= 4 is 21.6 Å². The van der Waals surface area contributed by atoms with Crippen LogP contribution in [-0.2, 0) is 15.4 Å². The molecule has 7 heteroatoms. The van der Waals surface area contributed by atoms with Crippen LogP contribution < -0.4 is 14.2 Å². The molecule has 1 N–H and O–H groups in total. The summed E-state index contributed by atoms with van der Waals surface area (Å²) in [5.74, 6) is 1.01. The van der Waals surface area contributed by atoms with E-state index in [9.17, 15) is 8.42 Å². The maximum absolute atomic E-state index is 12.6. The number of rotatable bonds is 5. The van der Waals surface area contributed by atoms with Crippen molar-refractivity contribution in [3.05, 3.63) is 53.1 Å². The van der Waals surface area contributed by atoms with Gasteiger partial charge in [0.1, 0.15) is 13.2 Å². The smallest absolute Gasteiger partial charge is 0.240 e. The fraction of sp³-hybridized carbons (Fsp3) is 0.333. The van der Waals surface area contributed by atoms with Crippen molar-refractivity contribution in [2.24, 2.45) is 0 Å². The minimum atomic E-state index is -3.65. The van der Waals surface area contributed by atoms with Crippen LogP contribution in [0.15, 0.2) is 47.4 Å². The van der Waals surface area contributed by atoms with Gasteiger partial charge >= 0.3 is 0 Å². The summed E-state index contributed by atoms with van der Waals surface area (Å²) in [6, 6.07) is 12.0. The Morgan fingerprint density at radius 3 is 2.36 bits per heavy atom. The molecule has 1 aliphatic rings. The predicted octanol–water partition coefficient (Wildman–Crippen LogP) is 3.37. The zero-order chi connectivity index (χ0) is 18.1. The SMILES string of the molecule is CC(C)(CNS(=O)(=O)c1ccc2c(c1)OCCO2)c1ccc(Cl)cc1. The Balaban J connectivity index is 1.76. The van der Waals surface area contributed by atoms with Gasteiger partial charge in [-0.2, -0.15) is 0 Å². The lowest BCUT2D eigenvalue weighted by Gasteiger charge is -2.26. The number of hydrogen-bond acceptors (Lipinski definition) is 4. The van der Waals surface area contributed by atoms with Crippen LogP contribution in [0.25, 0.3) is 0 Å². The van der Waals surface area contributed by atoms with Crippen molar-refractivity contribution < 1.29 is 17.9 Å². The standard InChI is InChI=1S/C18H20ClNO4S/c1-18(2,13-3-5-14(19)6-4-13)12-20-25(21,22)15-7-8-16-17(11-15)24-10-9-23-16/h3-8,11,20H,9-10,12H2,1-2H3. The van der Waals surface area contributed by atoms with E-state index in [2.05, 4.69) is 4.72 Å². The maximum Gasteiger partial charge on any atom is 0.240 e. The molecule has 1 aliphatic heterocycles. The molecule has 0 aromatic heterocycles. The number of nitrogens with one attached hydrogen (secondary N) is 1. The summed E-state index contributed by atoms with van der Waals surface area (Å²) in [7, 11) is -3.65. The third-order valence-electron chi connectivity index (χ3n) is 4.15. The van der Waals surface area contributed by atoms with Crippen LogP contribution in [0.2, 0.25) is 5.02 Å². The van der Waals surface area contributed by atoms with E-state index >= 15 is 0 Å². The zero-order valence-corrected chi connectivity index (χ0v) is 15.7. The second-order valence-electron chi connectivity index (χ2n) is 6.52. The van der Waals surface area contributed by atoms with Crippen LogP contribution in [0.5, 0.6) is 11.5 Å². The zero-order valence-electron chi connectivity index (χ0n) is 14.1. The molecule has 0 saturated carbocycles. The summed E-state index contributed by atoms with van der Waals surface area (Å²) in [6.45, 7) is 5.08. The number of ether oxygens (including phenoxy) is 2. The van der Waals surface area contributed by atoms with Gasteiger partial charge in [0.2, 0.25) is 10.0 Å². The Hall–Kier alpha value is -1.76. The summed E-state index contributed by atoms with van der Waals surface area (Å²) in [5, 5.41) is 0.649. The van der Waals surface area contributed by atoms with Crippen LogP contribution in [0.1, 0.15) is 19.4 Å². The number of sulfonamides is 1. The summed E-state index contributed by atoms with van der Waals surface area (Å²) in [5.41, 5.74) is 0.618. The molecule has 0 bridgehead atoms. The molecule has 0 atom stereocenters. The molecule has 0 fully saturated rings. The topological polar surface area (TPSA) is 64.6 Å². The minimum absolute atomic E-state index is 0.156. The van der Waals surface area contributed by atoms with E-state index < -0.39 is 10.0 Å². The molecule has 0 aliphatic carbocycles. The van der Waals surface area contributed by atoms with Gasteiger partial charge in [0.05, 0.1) is 4.90 Å². The average Bonchev–Trinajstić information content (AvgIpc) is 2.60. The van der Waals surface area contributed by atoms with Gasteiger partial charge in [-0.3, -0.25) is 0 Å². The first-order chi connectivity index (χ1) is 11.8. The van der Waals surface area contributed by atoms with E-state index in [-0.39, 0.29) is 16.9 Å². The Kier molecular flexibility index (Phi) is 4.95. The molecule has 25 heavy (non-hydrogen) atoms. The van der Waals surface area contributed by atoms with E-state index in [1.54, 1.807) is 18.2 Å². The van der Waals surface area contributed by atoms with E-state index in [1.807, 2.05) is 26.0 Å².